The summed E-state index contributed by atoms with van der Waals surface area (Å²) in [5, 5.41) is 8.81. The highest BCUT2D eigenvalue weighted by atomic mass is 32.2. The van der Waals surface area contributed by atoms with Gasteiger partial charge in [-0.25, -0.2) is 0 Å². The van der Waals surface area contributed by atoms with Crippen molar-refractivity contribution in [2.75, 3.05) is 24.5 Å². The predicted molar refractivity (Wildman–Crippen MR) is 114 cm³/mol. The van der Waals surface area contributed by atoms with Crippen LogP contribution in [0.5, 0.6) is 0 Å². The summed E-state index contributed by atoms with van der Waals surface area (Å²) in [5.41, 5.74) is 2.17. The van der Waals surface area contributed by atoms with Gasteiger partial charge in [-0.1, -0.05) is 55.4 Å². The van der Waals surface area contributed by atoms with Crippen molar-refractivity contribution in [2.45, 2.75) is 38.5 Å². The summed E-state index contributed by atoms with van der Waals surface area (Å²) >= 11 is 6.45. The Labute approximate surface area is 169 Å². The molecule has 1 amide bonds. The summed E-state index contributed by atoms with van der Waals surface area (Å²) in [7, 11) is 0. The van der Waals surface area contributed by atoms with Crippen LogP contribution in [0.15, 0.2) is 29.2 Å². The molecular formula is C20H24N2O3S2. The van der Waals surface area contributed by atoms with E-state index in [1.54, 1.807) is 0 Å². The zero-order valence-electron chi connectivity index (χ0n) is 15.2. The molecule has 0 bridgehead atoms. The van der Waals surface area contributed by atoms with Crippen molar-refractivity contribution in [1.29, 1.82) is 0 Å². The minimum Gasteiger partial charge on any atom is -0.481 e. The molecule has 144 valence electrons. The number of hydrogen-bond donors (Lipinski definition) is 1. The third kappa shape index (κ3) is 5.32. The maximum absolute atomic E-state index is 12.5. The van der Waals surface area contributed by atoms with Gasteiger partial charge in [0.15, 0.2) is 0 Å². The van der Waals surface area contributed by atoms with E-state index in [1.165, 1.54) is 54.5 Å². The summed E-state index contributed by atoms with van der Waals surface area (Å²) in [6.07, 6.45) is 8.15. The van der Waals surface area contributed by atoms with E-state index in [2.05, 4.69) is 17.0 Å². The monoisotopic (exact) mass is 404 g/mol. The van der Waals surface area contributed by atoms with Gasteiger partial charge in [0.25, 0.3) is 5.91 Å². The van der Waals surface area contributed by atoms with Crippen molar-refractivity contribution in [3.63, 3.8) is 0 Å². The lowest BCUT2D eigenvalue weighted by atomic mass is 10.1. The first kappa shape index (κ1) is 19.9. The average Bonchev–Trinajstić information content (AvgIpc) is 2.87. The van der Waals surface area contributed by atoms with Gasteiger partial charge in [-0.05, 0) is 36.6 Å². The van der Waals surface area contributed by atoms with Crippen LogP contribution in [0, 0.1) is 0 Å². The zero-order chi connectivity index (χ0) is 19.2. The van der Waals surface area contributed by atoms with E-state index in [0.29, 0.717) is 9.23 Å². The van der Waals surface area contributed by atoms with E-state index in [0.717, 1.165) is 18.7 Å². The fourth-order valence-electron chi connectivity index (χ4n) is 3.34. The maximum Gasteiger partial charge on any atom is 0.305 e. The van der Waals surface area contributed by atoms with Gasteiger partial charge >= 0.3 is 5.97 Å². The van der Waals surface area contributed by atoms with Crippen LogP contribution >= 0.6 is 24.0 Å². The molecule has 0 radical (unpaired) electrons. The Balaban J connectivity index is 1.67. The van der Waals surface area contributed by atoms with Crippen molar-refractivity contribution in [3.05, 3.63) is 34.7 Å². The molecule has 1 aromatic carbocycles. The molecule has 1 N–H and O–H groups in total. The Hall–Kier alpha value is -1.86. The Morgan fingerprint density at radius 3 is 2.37 bits per heavy atom. The number of carboxylic acid groups (broad SMARTS) is 1. The highest BCUT2D eigenvalue weighted by Gasteiger charge is 2.32. The van der Waals surface area contributed by atoms with E-state index in [4.69, 9.17) is 17.3 Å². The molecule has 0 aromatic heterocycles. The molecule has 7 heteroatoms. The number of anilines is 1. The Bertz CT molecular complexity index is 738. The molecule has 2 aliphatic heterocycles. The molecule has 0 unspecified atom stereocenters. The van der Waals surface area contributed by atoms with Crippen molar-refractivity contribution < 1.29 is 14.7 Å². The number of aliphatic carboxylic acids is 1. The second-order valence-electron chi connectivity index (χ2n) is 6.82. The number of thiocarbonyl (C=S) groups is 1. The van der Waals surface area contributed by atoms with Crippen molar-refractivity contribution in [2.24, 2.45) is 0 Å². The molecule has 2 aliphatic rings. The van der Waals surface area contributed by atoms with E-state index in [9.17, 15) is 9.59 Å². The summed E-state index contributed by atoms with van der Waals surface area (Å²) in [5.74, 6) is -1.15. The van der Waals surface area contributed by atoms with Gasteiger partial charge < -0.3 is 10.0 Å². The van der Waals surface area contributed by atoms with Crippen LogP contribution in [0.2, 0.25) is 0 Å². The minimum atomic E-state index is -0.937. The SMILES string of the molecule is O=C(O)CCN1C(=O)/C(=C/c2ccc(N3CCCCCCC3)cc2)SC1=S. The van der Waals surface area contributed by atoms with Gasteiger partial charge in [-0.3, -0.25) is 14.5 Å². The normalized spacial score (nSPS) is 20.1. The maximum atomic E-state index is 12.5. The second-order valence-corrected chi connectivity index (χ2v) is 8.50. The third-order valence-corrected chi connectivity index (χ3v) is 6.21. The zero-order valence-corrected chi connectivity index (χ0v) is 16.9. The summed E-state index contributed by atoms with van der Waals surface area (Å²) in [6.45, 7) is 2.31. The lowest BCUT2D eigenvalue weighted by Gasteiger charge is -2.27. The smallest absolute Gasteiger partial charge is 0.305 e. The number of thioether (sulfide) groups is 1. The molecule has 1 aromatic rings. The van der Waals surface area contributed by atoms with E-state index >= 15 is 0 Å². The largest absolute Gasteiger partial charge is 0.481 e. The molecular weight excluding hydrogens is 380 g/mol. The Kier molecular flexibility index (Phi) is 6.90. The highest BCUT2D eigenvalue weighted by molar-refractivity contribution is 8.26. The standard InChI is InChI=1S/C20H24N2O3S2/c23-18(24)10-13-22-19(25)17(27-20(22)26)14-15-6-8-16(9-7-15)21-11-4-2-1-3-5-12-21/h6-9,14H,1-5,10-13H2,(H,23,24)/b17-14-. The second kappa shape index (κ2) is 9.37. The topological polar surface area (TPSA) is 60.9 Å². The quantitative estimate of drug-likeness (QED) is 0.588. The van der Waals surface area contributed by atoms with Crippen LogP contribution in [0.25, 0.3) is 6.08 Å². The number of hydrogen-bond acceptors (Lipinski definition) is 5. The van der Waals surface area contributed by atoms with Crippen molar-refractivity contribution >= 4 is 51.9 Å². The molecule has 3 rings (SSSR count). The first-order valence-electron chi connectivity index (χ1n) is 9.37. The van der Waals surface area contributed by atoms with Crippen LogP contribution < -0.4 is 4.90 Å². The summed E-state index contributed by atoms with van der Waals surface area (Å²) in [6, 6.07) is 8.27. The number of amides is 1. The Morgan fingerprint density at radius 1 is 1.11 bits per heavy atom. The molecule has 0 aliphatic carbocycles. The van der Waals surface area contributed by atoms with Gasteiger partial charge in [0.2, 0.25) is 0 Å². The highest BCUT2D eigenvalue weighted by Crippen LogP contribution is 2.33. The minimum absolute atomic E-state index is 0.107. The van der Waals surface area contributed by atoms with Crippen LogP contribution in [0.3, 0.4) is 0 Å². The molecule has 0 saturated carbocycles. The van der Waals surface area contributed by atoms with Gasteiger partial charge in [0.1, 0.15) is 4.32 Å². The Morgan fingerprint density at radius 2 is 1.74 bits per heavy atom. The fraction of sp³-hybridized carbons (Fsp3) is 0.450. The van der Waals surface area contributed by atoms with Gasteiger partial charge in [-0.15, -0.1) is 0 Å². The molecule has 0 spiro atoms. The van der Waals surface area contributed by atoms with Crippen LogP contribution in [-0.2, 0) is 9.59 Å². The summed E-state index contributed by atoms with van der Waals surface area (Å²) in [4.78, 5) is 27.6. The van der Waals surface area contributed by atoms with Crippen LogP contribution in [-0.4, -0.2) is 45.8 Å². The predicted octanol–water partition coefficient (Wildman–Crippen LogP) is 4.13. The van der Waals surface area contributed by atoms with E-state index in [-0.39, 0.29) is 18.9 Å². The van der Waals surface area contributed by atoms with Gasteiger partial charge in [0, 0.05) is 25.3 Å². The number of nitrogens with zero attached hydrogens (tertiary/aromatic N) is 2. The molecule has 27 heavy (non-hydrogen) atoms. The number of carboxylic acids is 1. The third-order valence-electron chi connectivity index (χ3n) is 4.83. The number of benzene rings is 1. The lowest BCUT2D eigenvalue weighted by molar-refractivity contribution is -0.137. The number of carbonyl (C=O) groups is 2. The average molecular weight is 405 g/mol. The molecule has 2 saturated heterocycles. The molecule has 2 heterocycles. The fourth-order valence-corrected chi connectivity index (χ4v) is 4.65. The van der Waals surface area contributed by atoms with Gasteiger partial charge in [0.05, 0.1) is 11.3 Å². The van der Waals surface area contributed by atoms with Crippen LogP contribution in [0.1, 0.15) is 44.1 Å². The lowest BCUT2D eigenvalue weighted by Crippen LogP contribution is -2.30. The molecule has 5 nitrogen and oxygen atoms in total. The van der Waals surface area contributed by atoms with Gasteiger partial charge in [-0.2, -0.15) is 0 Å². The molecule has 2 fully saturated rings. The van der Waals surface area contributed by atoms with Crippen molar-refractivity contribution in [3.8, 4) is 0 Å². The number of rotatable bonds is 5. The first-order valence-corrected chi connectivity index (χ1v) is 10.6. The van der Waals surface area contributed by atoms with Crippen molar-refractivity contribution in [1.82, 2.24) is 4.90 Å². The van der Waals surface area contributed by atoms with E-state index < -0.39 is 5.97 Å². The van der Waals surface area contributed by atoms with E-state index in [1.807, 2.05) is 18.2 Å². The summed E-state index contributed by atoms with van der Waals surface area (Å²) < 4.78 is 0.421. The molecule has 0 atom stereocenters. The van der Waals surface area contributed by atoms with Crippen LogP contribution in [0.4, 0.5) is 5.69 Å². The first-order chi connectivity index (χ1) is 13.0. The number of carbonyl (C=O) groups excluding carboxylic acids is 1.